The number of morpholine rings is 1. The molecule has 2 fully saturated rings. The van der Waals surface area contributed by atoms with Crippen molar-refractivity contribution < 1.29 is 14.3 Å². The third-order valence-corrected chi connectivity index (χ3v) is 5.20. The maximum Gasteiger partial charge on any atom is 0.253 e. The Bertz CT molecular complexity index is 841. The summed E-state index contributed by atoms with van der Waals surface area (Å²) in [5, 5.41) is 0. The van der Waals surface area contributed by atoms with Gasteiger partial charge in [0, 0.05) is 17.9 Å². The van der Waals surface area contributed by atoms with Crippen LogP contribution in [0, 0.1) is 13.8 Å². The zero-order valence-corrected chi connectivity index (χ0v) is 15.9. The Morgan fingerprint density at radius 1 is 1.07 bits per heavy atom. The number of aryl methyl sites for hydroxylation is 2. The van der Waals surface area contributed by atoms with Crippen molar-refractivity contribution in [3.8, 4) is 0 Å². The van der Waals surface area contributed by atoms with Gasteiger partial charge in [0.1, 0.15) is 18.0 Å². The molecule has 1 atom stereocenters. The predicted octanol–water partition coefficient (Wildman–Crippen LogP) is 2.34. The summed E-state index contributed by atoms with van der Waals surface area (Å²) in [7, 11) is 0. The molecule has 0 aliphatic carbocycles. The van der Waals surface area contributed by atoms with E-state index in [1.54, 1.807) is 0 Å². The lowest BCUT2D eigenvalue weighted by atomic mass is 10.00. The average Bonchev–Trinajstić information content (AvgIpc) is 2.87. The summed E-state index contributed by atoms with van der Waals surface area (Å²) in [5.41, 5.74) is 2.43. The number of hydrogen-bond acceptors (Lipinski definition) is 5. The molecule has 1 aromatic carbocycles. The van der Waals surface area contributed by atoms with Gasteiger partial charge >= 0.3 is 0 Å². The maximum absolute atomic E-state index is 12.6. The van der Waals surface area contributed by atoms with Crippen LogP contribution in [0.4, 0.5) is 11.5 Å². The smallest absolute Gasteiger partial charge is 0.253 e. The van der Waals surface area contributed by atoms with Crippen LogP contribution in [-0.4, -0.2) is 55.9 Å². The highest BCUT2D eigenvalue weighted by atomic mass is 16.6. The van der Waals surface area contributed by atoms with Crippen LogP contribution in [0.25, 0.3) is 0 Å². The maximum atomic E-state index is 12.6. The van der Waals surface area contributed by atoms with Crippen molar-refractivity contribution in [2.24, 2.45) is 0 Å². The second-order valence-corrected chi connectivity index (χ2v) is 7.35. The minimum atomic E-state index is -0.571. The standard InChI is InChI=1S/C21H25N3O3/c1-16-6-3-4-8-18(16)24-14-21(27-12-20(24)25)13-23(10-11-26-15-21)19-9-5-7-17(2)22-19/h3-9H,10-15H2,1-2H3/t21-/m1/s1. The van der Waals surface area contributed by atoms with E-state index in [4.69, 9.17) is 9.47 Å². The lowest BCUT2D eigenvalue weighted by Gasteiger charge is -2.43. The Hall–Kier alpha value is -2.44. The highest BCUT2D eigenvalue weighted by Gasteiger charge is 2.43. The van der Waals surface area contributed by atoms with Gasteiger partial charge in [0.25, 0.3) is 5.91 Å². The first-order valence-corrected chi connectivity index (χ1v) is 9.33. The number of benzene rings is 1. The largest absolute Gasteiger partial charge is 0.376 e. The summed E-state index contributed by atoms with van der Waals surface area (Å²) in [6.45, 7) is 7.01. The van der Waals surface area contributed by atoms with E-state index in [1.807, 2.05) is 61.2 Å². The minimum absolute atomic E-state index is 0.0144. The zero-order chi connectivity index (χ0) is 18.9. The van der Waals surface area contributed by atoms with Crippen molar-refractivity contribution in [3.63, 3.8) is 0 Å². The van der Waals surface area contributed by atoms with E-state index in [1.165, 1.54) is 0 Å². The van der Waals surface area contributed by atoms with Crippen LogP contribution in [0.3, 0.4) is 0 Å². The fourth-order valence-electron chi connectivity index (χ4n) is 3.79. The molecule has 0 saturated carbocycles. The van der Waals surface area contributed by atoms with Gasteiger partial charge in [0.05, 0.1) is 26.3 Å². The quantitative estimate of drug-likeness (QED) is 0.816. The van der Waals surface area contributed by atoms with Crippen molar-refractivity contribution in [2.45, 2.75) is 19.4 Å². The van der Waals surface area contributed by atoms with Crippen molar-refractivity contribution in [1.82, 2.24) is 4.98 Å². The molecule has 2 aliphatic heterocycles. The first kappa shape index (κ1) is 17.9. The van der Waals surface area contributed by atoms with Gasteiger partial charge in [-0.15, -0.1) is 0 Å². The van der Waals surface area contributed by atoms with Gasteiger partial charge in [-0.05, 0) is 37.6 Å². The molecule has 142 valence electrons. The number of aromatic nitrogens is 1. The number of pyridine rings is 1. The van der Waals surface area contributed by atoms with Crippen molar-refractivity contribution in [1.29, 1.82) is 0 Å². The van der Waals surface area contributed by atoms with Gasteiger partial charge in [-0.2, -0.15) is 0 Å². The molecule has 6 nitrogen and oxygen atoms in total. The third-order valence-electron chi connectivity index (χ3n) is 5.20. The van der Waals surface area contributed by atoms with Crippen LogP contribution < -0.4 is 9.80 Å². The molecular weight excluding hydrogens is 342 g/mol. The van der Waals surface area contributed by atoms with Gasteiger partial charge in [-0.3, -0.25) is 4.79 Å². The van der Waals surface area contributed by atoms with Crippen LogP contribution >= 0.6 is 0 Å². The lowest BCUT2D eigenvalue weighted by Crippen LogP contribution is -2.61. The van der Waals surface area contributed by atoms with E-state index >= 15 is 0 Å². The van der Waals surface area contributed by atoms with Gasteiger partial charge in [-0.1, -0.05) is 24.3 Å². The molecule has 0 N–H and O–H groups in total. The highest BCUT2D eigenvalue weighted by molar-refractivity contribution is 5.95. The molecule has 2 aliphatic rings. The molecule has 1 aromatic heterocycles. The molecule has 1 amide bonds. The SMILES string of the molecule is Cc1cccc(N2CCOC[C@@]3(C2)CN(c2ccccc2C)C(=O)CO3)n1. The van der Waals surface area contributed by atoms with Crippen LogP contribution in [0.1, 0.15) is 11.3 Å². The predicted molar refractivity (Wildman–Crippen MR) is 104 cm³/mol. The average molecular weight is 367 g/mol. The van der Waals surface area contributed by atoms with Gasteiger partial charge in [-0.25, -0.2) is 4.98 Å². The number of anilines is 2. The number of carbonyl (C=O) groups is 1. The zero-order valence-electron chi connectivity index (χ0n) is 15.9. The molecule has 4 rings (SSSR count). The van der Waals surface area contributed by atoms with E-state index < -0.39 is 5.60 Å². The van der Waals surface area contributed by atoms with Gasteiger partial charge in [0.2, 0.25) is 0 Å². The summed E-state index contributed by atoms with van der Waals surface area (Å²) in [5.74, 6) is 0.905. The van der Waals surface area contributed by atoms with Crippen LogP contribution in [0.15, 0.2) is 42.5 Å². The van der Waals surface area contributed by atoms with Crippen LogP contribution in [-0.2, 0) is 14.3 Å². The first-order valence-electron chi connectivity index (χ1n) is 9.33. The molecule has 3 heterocycles. The minimum Gasteiger partial charge on any atom is -0.376 e. The van der Waals surface area contributed by atoms with E-state index in [0.717, 1.165) is 29.3 Å². The van der Waals surface area contributed by atoms with Crippen molar-refractivity contribution in [2.75, 3.05) is 49.3 Å². The molecular formula is C21H25N3O3. The number of ether oxygens (including phenoxy) is 2. The van der Waals surface area contributed by atoms with Gasteiger partial charge in [0.15, 0.2) is 0 Å². The Morgan fingerprint density at radius 3 is 2.74 bits per heavy atom. The highest BCUT2D eigenvalue weighted by Crippen LogP contribution is 2.30. The summed E-state index contributed by atoms with van der Waals surface area (Å²) >= 11 is 0. The number of amides is 1. The van der Waals surface area contributed by atoms with Gasteiger partial charge < -0.3 is 19.3 Å². The molecule has 6 heteroatoms. The monoisotopic (exact) mass is 367 g/mol. The normalized spacial score (nSPS) is 23.6. The second kappa shape index (κ2) is 7.29. The van der Waals surface area contributed by atoms with E-state index in [9.17, 15) is 4.79 Å². The number of hydrogen-bond donors (Lipinski definition) is 0. The van der Waals surface area contributed by atoms with Crippen molar-refractivity contribution in [3.05, 3.63) is 53.7 Å². The summed E-state index contributed by atoms with van der Waals surface area (Å²) in [6.07, 6.45) is 0. The fourth-order valence-corrected chi connectivity index (χ4v) is 3.79. The lowest BCUT2D eigenvalue weighted by molar-refractivity contribution is -0.143. The number of para-hydroxylation sites is 1. The second-order valence-electron chi connectivity index (χ2n) is 7.35. The topological polar surface area (TPSA) is 54.9 Å². The Balaban J connectivity index is 1.62. The molecule has 2 aromatic rings. The Labute approximate surface area is 159 Å². The molecule has 27 heavy (non-hydrogen) atoms. The summed E-state index contributed by atoms with van der Waals surface area (Å²) < 4.78 is 12.0. The summed E-state index contributed by atoms with van der Waals surface area (Å²) in [6, 6.07) is 14.0. The number of rotatable bonds is 2. The molecule has 2 saturated heterocycles. The number of carbonyl (C=O) groups excluding carboxylic acids is 1. The Morgan fingerprint density at radius 2 is 1.93 bits per heavy atom. The van der Waals surface area contributed by atoms with Crippen LogP contribution in [0.2, 0.25) is 0 Å². The van der Waals surface area contributed by atoms with Crippen LogP contribution in [0.5, 0.6) is 0 Å². The number of nitrogens with zero attached hydrogens (tertiary/aromatic N) is 3. The molecule has 0 radical (unpaired) electrons. The third kappa shape index (κ3) is 3.68. The van der Waals surface area contributed by atoms with E-state index in [0.29, 0.717) is 26.3 Å². The summed E-state index contributed by atoms with van der Waals surface area (Å²) in [4.78, 5) is 21.3. The molecule has 0 unspecified atom stereocenters. The van der Waals surface area contributed by atoms with Crippen molar-refractivity contribution >= 4 is 17.4 Å². The first-order chi connectivity index (χ1) is 13.1. The van der Waals surface area contributed by atoms with E-state index in [2.05, 4.69) is 9.88 Å². The fraction of sp³-hybridized carbons (Fsp3) is 0.429. The molecule has 0 bridgehead atoms. The molecule has 1 spiro atoms. The Kier molecular flexibility index (Phi) is 4.85. The van der Waals surface area contributed by atoms with E-state index in [-0.39, 0.29) is 12.5 Å².